The maximum absolute atomic E-state index is 12.0. The van der Waals surface area contributed by atoms with E-state index in [9.17, 15) is 9.59 Å². The molecule has 0 radical (unpaired) electrons. The number of esters is 1. The van der Waals surface area contributed by atoms with Crippen molar-refractivity contribution in [3.63, 3.8) is 0 Å². The van der Waals surface area contributed by atoms with Gasteiger partial charge < -0.3 is 10.1 Å². The Balaban J connectivity index is 1.79. The van der Waals surface area contributed by atoms with Crippen molar-refractivity contribution in [3.8, 4) is 0 Å². The van der Waals surface area contributed by atoms with Crippen LogP contribution < -0.4 is 5.32 Å². The van der Waals surface area contributed by atoms with Gasteiger partial charge in [0.1, 0.15) is 0 Å². The molecule has 2 rings (SSSR count). The molecule has 0 fully saturated rings. The van der Waals surface area contributed by atoms with Crippen molar-refractivity contribution in [2.75, 3.05) is 5.32 Å². The molecule has 0 saturated heterocycles. The van der Waals surface area contributed by atoms with E-state index in [1.807, 2.05) is 16.8 Å². The number of nitrogens with one attached hydrogen (secondary N) is 1. The summed E-state index contributed by atoms with van der Waals surface area (Å²) in [6.07, 6.45) is 0.0187. The molecule has 0 aliphatic carbocycles. The minimum Gasteiger partial charge on any atom is -0.453 e. The van der Waals surface area contributed by atoms with Gasteiger partial charge in [-0.3, -0.25) is 9.59 Å². The molecule has 1 atom stereocenters. The van der Waals surface area contributed by atoms with Crippen molar-refractivity contribution in [1.82, 2.24) is 0 Å². The van der Waals surface area contributed by atoms with E-state index in [1.165, 1.54) is 0 Å². The van der Waals surface area contributed by atoms with Crippen LogP contribution in [0.1, 0.15) is 18.9 Å². The molecule has 1 amide bonds. The van der Waals surface area contributed by atoms with Crippen LogP contribution in [0.2, 0.25) is 5.02 Å². The summed E-state index contributed by atoms with van der Waals surface area (Å²) < 4.78 is 5.13. The molecular weight excluding hydrogens is 322 g/mol. The van der Waals surface area contributed by atoms with Gasteiger partial charge in [0.2, 0.25) is 0 Å². The third-order valence-corrected chi connectivity index (χ3v) is 3.93. The van der Waals surface area contributed by atoms with Crippen LogP contribution in [-0.2, 0) is 20.7 Å². The largest absolute Gasteiger partial charge is 0.453 e. The molecular formula is C16H16ClNO3S. The number of ether oxygens (including phenoxy) is 1. The van der Waals surface area contributed by atoms with Gasteiger partial charge in [0.05, 0.1) is 0 Å². The number of benzene rings is 1. The predicted octanol–water partition coefficient (Wildman–Crippen LogP) is 3.90. The van der Waals surface area contributed by atoms with Crippen LogP contribution in [0, 0.1) is 0 Å². The highest BCUT2D eigenvalue weighted by atomic mass is 35.5. The van der Waals surface area contributed by atoms with Crippen molar-refractivity contribution in [2.45, 2.75) is 25.9 Å². The lowest BCUT2D eigenvalue weighted by atomic mass is 10.2. The number of carbonyl (C=O) groups is 2. The number of amides is 1. The first-order chi connectivity index (χ1) is 10.5. The van der Waals surface area contributed by atoms with Gasteiger partial charge in [-0.25, -0.2) is 0 Å². The van der Waals surface area contributed by atoms with E-state index in [4.69, 9.17) is 16.3 Å². The first-order valence-electron chi connectivity index (χ1n) is 6.81. The van der Waals surface area contributed by atoms with Crippen LogP contribution in [0.15, 0.2) is 41.1 Å². The van der Waals surface area contributed by atoms with E-state index in [0.717, 1.165) is 5.56 Å². The lowest BCUT2D eigenvalue weighted by Gasteiger charge is -2.13. The Kier molecular flexibility index (Phi) is 5.98. The number of hydrogen-bond donors (Lipinski definition) is 1. The summed E-state index contributed by atoms with van der Waals surface area (Å²) in [5.74, 6) is -0.772. The molecule has 116 valence electrons. The zero-order valence-corrected chi connectivity index (χ0v) is 13.6. The molecule has 0 unspecified atom stereocenters. The van der Waals surface area contributed by atoms with Crippen LogP contribution in [0.25, 0.3) is 0 Å². The highest BCUT2D eigenvalue weighted by molar-refractivity contribution is 7.07. The minimum atomic E-state index is -0.853. The number of halogens is 1. The second kappa shape index (κ2) is 7.96. The fourth-order valence-corrected chi connectivity index (χ4v) is 2.69. The van der Waals surface area contributed by atoms with Gasteiger partial charge in [-0.15, -0.1) is 0 Å². The highest BCUT2D eigenvalue weighted by Crippen LogP contribution is 2.15. The number of hydrogen-bond acceptors (Lipinski definition) is 4. The maximum Gasteiger partial charge on any atom is 0.306 e. The summed E-state index contributed by atoms with van der Waals surface area (Å²) in [5, 5.41) is 7.13. The van der Waals surface area contributed by atoms with Crippen LogP contribution >= 0.6 is 22.9 Å². The van der Waals surface area contributed by atoms with Gasteiger partial charge >= 0.3 is 5.97 Å². The molecule has 2 aromatic rings. The van der Waals surface area contributed by atoms with Gasteiger partial charge in [0, 0.05) is 17.1 Å². The molecule has 0 saturated carbocycles. The second-order valence-corrected chi connectivity index (χ2v) is 5.98. The summed E-state index contributed by atoms with van der Waals surface area (Å²) in [6.45, 7) is 1.54. The van der Waals surface area contributed by atoms with Crippen molar-refractivity contribution in [3.05, 3.63) is 51.7 Å². The molecule has 1 aromatic carbocycles. The van der Waals surface area contributed by atoms with E-state index in [2.05, 4.69) is 5.32 Å². The third kappa shape index (κ3) is 5.16. The number of thiophene rings is 1. The fourth-order valence-electron chi connectivity index (χ4n) is 1.80. The van der Waals surface area contributed by atoms with Gasteiger partial charge in [-0.1, -0.05) is 17.7 Å². The lowest BCUT2D eigenvalue weighted by molar-refractivity contribution is -0.153. The van der Waals surface area contributed by atoms with Gasteiger partial charge in [-0.05, 0) is 53.9 Å². The van der Waals surface area contributed by atoms with Crippen LogP contribution in [0.3, 0.4) is 0 Å². The maximum atomic E-state index is 12.0. The lowest BCUT2D eigenvalue weighted by Crippen LogP contribution is -2.30. The third-order valence-electron chi connectivity index (χ3n) is 2.97. The summed E-state index contributed by atoms with van der Waals surface area (Å²) in [6, 6.07) is 8.76. The predicted molar refractivity (Wildman–Crippen MR) is 88.3 cm³/mol. The molecule has 4 nitrogen and oxygen atoms in total. The topological polar surface area (TPSA) is 55.4 Å². The summed E-state index contributed by atoms with van der Waals surface area (Å²) in [5.41, 5.74) is 1.66. The monoisotopic (exact) mass is 337 g/mol. The molecule has 22 heavy (non-hydrogen) atoms. The smallest absolute Gasteiger partial charge is 0.306 e. The molecule has 0 spiro atoms. The summed E-state index contributed by atoms with van der Waals surface area (Å²) in [4.78, 5) is 23.7. The fraction of sp³-hybridized carbons (Fsp3) is 0.250. The molecule has 0 aliphatic rings. The van der Waals surface area contributed by atoms with E-state index in [-0.39, 0.29) is 18.3 Å². The van der Waals surface area contributed by atoms with E-state index in [1.54, 1.807) is 42.5 Å². The second-order valence-electron chi connectivity index (χ2n) is 4.76. The number of carbonyl (C=O) groups excluding carboxylic acids is 2. The number of rotatable bonds is 6. The van der Waals surface area contributed by atoms with Crippen molar-refractivity contribution in [2.24, 2.45) is 0 Å². The van der Waals surface area contributed by atoms with Gasteiger partial charge in [-0.2, -0.15) is 11.3 Å². The molecule has 1 heterocycles. The zero-order valence-electron chi connectivity index (χ0n) is 12.0. The van der Waals surface area contributed by atoms with Gasteiger partial charge in [0.25, 0.3) is 5.91 Å². The van der Waals surface area contributed by atoms with E-state index >= 15 is 0 Å². The molecule has 0 bridgehead atoms. The van der Waals surface area contributed by atoms with Crippen molar-refractivity contribution < 1.29 is 14.3 Å². The standard InChI is InChI=1S/C16H16ClNO3S/c1-11(16(20)18-14-4-2-3-13(17)9-14)21-15(19)6-5-12-7-8-22-10-12/h2-4,7-11H,5-6H2,1H3,(H,18,20)/t11-/m0/s1. The first-order valence-corrected chi connectivity index (χ1v) is 8.13. The van der Waals surface area contributed by atoms with Crippen LogP contribution in [0.4, 0.5) is 5.69 Å². The van der Waals surface area contributed by atoms with E-state index < -0.39 is 6.10 Å². The Morgan fingerprint density at radius 2 is 2.18 bits per heavy atom. The highest BCUT2D eigenvalue weighted by Gasteiger charge is 2.17. The summed E-state index contributed by atoms with van der Waals surface area (Å²) in [7, 11) is 0. The zero-order chi connectivity index (χ0) is 15.9. The quantitative estimate of drug-likeness (QED) is 0.813. The summed E-state index contributed by atoms with van der Waals surface area (Å²) >= 11 is 7.43. The van der Waals surface area contributed by atoms with Crippen LogP contribution in [0.5, 0.6) is 0 Å². The van der Waals surface area contributed by atoms with Gasteiger partial charge in [0.15, 0.2) is 6.10 Å². The number of anilines is 1. The molecule has 1 N–H and O–H groups in total. The van der Waals surface area contributed by atoms with Crippen molar-refractivity contribution >= 4 is 40.5 Å². The molecule has 6 heteroatoms. The Hall–Kier alpha value is -1.85. The first kappa shape index (κ1) is 16.5. The normalized spacial score (nSPS) is 11.7. The SMILES string of the molecule is C[C@H](OC(=O)CCc1ccsc1)C(=O)Nc1cccc(Cl)c1. The van der Waals surface area contributed by atoms with Crippen LogP contribution in [-0.4, -0.2) is 18.0 Å². The Labute approximate surface area is 138 Å². The van der Waals surface area contributed by atoms with E-state index in [0.29, 0.717) is 17.1 Å². The average molecular weight is 338 g/mol. The Morgan fingerprint density at radius 1 is 1.36 bits per heavy atom. The molecule has 0 aliphatic heterocycles. The Bertz CT molecular complexity index is 643. The number of aryl methyl sites for hydroxylation is 1. The average Bonchev–Trinajstić information content (AvgIpc) is 2.98. The minimum absolute atomic E-state index is 0.255. The van der Waals surface area contributed by atoms with Crippen molar-refractivity contribution in [1.29, 1.82) is 0 Å². The Morgan fingerprint density at radius 3 is 2.86 bits per heavy atom. The molecule has 1 aromatic heterocycles.